The van der Waals surface area contributed by atoms with Gasteiger partial charge in [-0.2, -0.15) is 21.6 Å². The van der Waals surface area contributed by atoms with Crippen LogP contribution >= 0.6 is 0 Å². The number of rotatable bonds is 6. The molecule has 0 N–H and O–H groups in total. The van der Waals surface area contributed by atoms with E-state index in [0.717, 1.165) is 0 Å². The van der Waals surface area contributed by atoms with E-state index in [9.17, 15) is 36.0 Å². The van der Waals surface area contributed by atoms with Crippen molar-refractivity contribution < 1.29 is 49.7 Å². The van der Waals surface area contributed by atoms with Gasteiger partial charge in [-0.05, 0) is 50.8 Å². The molecule has 1 aromatic carbocycles. The number of benzene rings is 1. The van der Waals surface area contributed by atoms with Gasteiger partial charge in [0.25, 0.3) is 11.8 Å². The molecule has 9 nitrogen and oxygen atoms in total. The summed E-state index contributed by atoms with van der Waals surface area (Å²) >= 11 is 0. The van der Waals surface area contributed by atoms with Gasteiger partial charge in [0.05, 0.1) is 11.8 Å². The number of amides is 2. The fourth-order valence-corrected chi connectivity index (χ4v) is 3.81. The molecule has 0 saturated carbocycles. The highest BCUT2D eigenvalue weighted by Gasteiger charge is 2.56. The minimum Gasteiger partial charge on any atom is -0.428 e. The molecule has 1 heterocycles. The maximum atomic E-state index is 12.7. The molecule has 2 amide bonds. The van der Waals surface area contributed by atoms with E-state index in [4.69, 9.17) is 9.47 Å². The van der Waals surface area contributed by atoms with Crippen LogP contribution < -0.4 is 4.74 Å². The van der Waals surface area contributed by atoms with Crippen LogP contribution in [0.1, 0.15) is 52.5 Å². The van der Waals surface area contributed by atoms with Crippen molar-refractivity contribution in [2.45, 2.75) is 58.1 Å². The average molecular weight is 495 g/mol. The normalized spacial score (nSPS) is 20.7. The SMILES string of the molecule is CCC(c1ccc(OC(=O)OC(C)(C)C)cc1)C1C(=O)N(OS(=O)(=O)C(F)(F)F)C(=O)C1C. The predicted octanol–water partition coefficient (Wildman–Crippen LogP) is 3.90. The number of halogens is 3. The maximum absolute atomic E-state index is 12.7. The lowest BCUT2D eigenvalue weighted by Crippen LogP contribution is -2.39. The van der Waals surface area contributed by atoms with Crippen molar-refractivity contribution in [2.75, 3.05) is 0 Å². The standard InChI is InChI=1S/C20H24F3NO8S/c1-6-14(12-7-9-13(10-8-12)30-18(27)31-19(3,4)5)15-11(2)16(25)24(17(15)26)32-33(28,29)20(21,22)23/h7-11,14-15H,6H2,1-5H3. The molecule has 1 aromatic rings. The summed E-state index contributed by atoms with van der Waals surface area (Å²) in [6.45, 7) is 7.99. The van der Waals surface area contributed by atoms with E-state index in [2.05, 4.69) is 4.28 Å². The molecular weight excluding hydrogens is 471 g/mol. The molecule has 0 bridgehead atoms. The Balaban J connectivity index is 2.23. The van der Waals surface area contributed by atoms with Crippen LogP contribution in [-0.2, 0) is 28.7 Å². The molecule has 1 aliphatic rings. The zero-order chi connectivity index (χ0) is 25.4. The minimum absolute atomic E-state index is 0.144. The van der Waals surface area contributed by atoms with Gasteiger partial charge in [-0.3, -0.25) is 9.59 Å². The first kappa shape index (κ1) is 26.6. The number of nitrogens with zero attached hydrogens (tertiary/aromatic N) is 1. The van der Waals surface area contributed by atoms with Crippen molar-refractivity contribution in [1.29, 1.82) is 0 Å². The molecule has 1 aliphatic heterocycles. The van der Waals surface area contributed by atoms with Gasteiger partial charge in [0.15, 0.2) is 0 Å². The van der Waals surface area contributed by atoms with Gasteiger partial charge in [-0.15, -0.1) is 9.35 Å². The van der Waals surface area contributed by atoms with Crippen molar-refractivity contribution >= 4 is 28.1 Å². The number of ether oxygens (including phenoxy) is 2. The molecule has 0 spiro atoms. The van der Waals surface area contributed by atoms with Crippen LogP contribution in [0.5, 0.6) is 5.75 Å². The summed E-state index contributed by atoms with van der Waals surface area (Å²) in [6.07, 6.45) is -0.633. The molecule has 33 heavy (non-hydrogen) atoms. The molecule has 2 rings (SSSR count). The second kappa shape index (κ2) is 9.29. The lowest BCUT2D eigenvalue weighted by Gasteiger charge is -2.23. The van der Waals surface area contributed by atoms with E-state index in [1.165, 1.54) is 31.2 Å². The number of carbonyl (C=O) groups is 3. The molecule has 0 aliphatic carbocycles. The van der Waals surface area contributed by atoms with Crippen LogP contribution in [0.15, 0.2) is 24.3 Å². The second-order valence-electron chi connectivity index (χ2n) is 8.41. The van der Waals surface area contributed by atoms with Gasteiger partial charge in [0.1, 0.15) is 11.4 Å². The number of alkyl halides is 3. The summed E-state index contributed by atoms with van der Waals surface area (Å²) in [5, 5.41) is -0.333. The first-order chi connectivity index (χ1) is 15.0. The molecule has 13 heteroatoms. The first-order valence-corrected chi connectivity index (χ1v) is 11.3. The van der Waals surface area contributed by atoms with E-state index in [1.54, 1.807) is 27.7 Å². The van der Waals surface area contributed by atoms with Crippen LogP contribution in [0.25, 0.3) is 0 Å². The third-order valence-electron chi connectivity index (χ3n) is 4.84. The lowest BCUT2D eigenvalue weighted by molar-refractivity contribution is -0.168. The Kier molecular flexibility index (Phi) is 7.49. The summed E-state index contributed by atoms with van der Waals surface area (Å²) in [5.74, 6) is -5.20. The molecule has 3 unspecified atom stereocenters. The van der Waals surface area contributed by atoms with E-state index in [1.807, 2.05) is 0 Å². The topological polar surface area (TPSA) is 116 Å². The Morgan fingerprint density at radius 1 is 1.09 bits per heavy atom. The van der Waals surface area contributed by atoms with Crippen molar-refractivity contribution in [1.82, 2.24) is 5.06 Å². The van der Waals surface area contributed by atoms with E-state index in [0.29, 0.717) is 12.0 Å². The lowest BCUT2D eigenvalue weighted by atomic mass is 9.78. The summed E-state index contributed by atoms with van der Waals surface area (Å²) in [5.41, 5.74) is -6.04. The number of hydrogen-bond donors (Lipinski definition) is 0. The van der Waals surface area contributed by atoms with E-state index < -0.39 is 57.0 Å². The Bertz CT molecular complexity index is 1020. The van der Waals surface area contributed by atoms with Gasteiger partial charge in [-0.1, -0.05) is 26.0 Å². The van der Waals surface area contributed by atoms with Crippen molar-refractivity contribution in [3.05, 3.63) is 29.8 Å². The molecule has 0 aromatic heterocycles. The fraction of sp³-hybridized carbons (Fsp3) is 0.550. The minimum atomic E-state index is -6.20. The summed E-state index contributed by atoms with van der Waals surface area (Å²) in [6, 6.07) is 5.90. The molecule has 0 radical (unpaired) electrons. The quantitative estimate of drug-likeness (QED) is 0.253. The Morgan fingerprint density at radius 3 is 2.09 bits per heavy atom. The Hall–Kier alpha value is -2.67. The highest BCUT2D eigenvalue weighted by molar-refractivity contribution is 7.87. The van der Waals surface area contributed by atoms with Crippen molar-refractivity contribution in [3.8, 4) is 5.75 Å². The van der Waals surface area contributed by atoms with Crippen LogP contribution in [-0.4, -0.2) is 42.6 Å². The highest BCUT2D eigenvalue weighted by atomic mass is 32.2. The number of hydrogen-bond acceptors (Lipinski definition) is 8. The fourth-order valence-electron chi connectivity index (χ4n) is 3.38. The van der Waals surface area contributed by atoms with Gasteiger partial charge >= 0.3 is 21.8 Å². The summed E-state index contributed by atoms with van der Waals surface area (Å²) in [4.78, 5) is 36.8. The van der Waals surface area contributed by atoms with Crippen molar-refractivity contribution in [3.63, 3.8) is 0 Å². The molecule has 184 valence electrons. The maximum Gasteiger partial charge on any atom is 0.525 e. The van der Waals surface area contributed by atoms with Crippen LogP contribution in [0.3, 0.4) is 0 Å². The number of imide groups is 1. The van der Waals surface area contributed by atoms with E-state index in [-0.39, 0.29) is 10.8 Å². The first-order valence-electron chi connectivity index (χ1n) is 9.88. The third-order valence-corrected chi connectivity index (χ3v) is 5.75. The zero-order valence-corrected chi connectivity index (χ0v) is 19.3. The van der Waals surface area contributed by atoms with Gasteiger partial charge < -0.3 is 9.47 Å². The van der Waals surface area contributed by atoms with Crippen LogP contribution in [0.4, 0.5) is 18.0 Å². The van der Waals surface area contributed by atoms with E-state index >= 15 is 0 Å². The van der Waals surface area contributed by atoms with Crippen LogP contribution in [0, 0.1) is 11.8 Å². The predicted molar refractivity (Wildman–Crippen MR) is 107 cm³/mol. The largest absolute Gasteiger partial charge is 0.525 e. The van der Waals surface area contributed by atoms with Gasteiger partial charge in [0.2, 0.25) is 0 Å². The second-order valence-corrected chi connectivity index (χ2v) is 9.93. The van der Waals surface area contributed by atoms with Gasteiger partial charge in [0, 0.05) is 0 Å². The monoisotopic (exact) mass is 495 g/mol. The average Bonchev–Trinajstić information content (AvgIpc) is 2.85. The molecule has 1 saturated heterocycles. The van der Waals surface area contributed by atoms with Crippen LogP contribution in [0.2, 0.25) is 0 Å². The zero-order valence-electron chi connectivity index (χ0n) is 18.5. The third kappa shape index (κ3) is 6.02. The van der Waals surface area contributed by atoms with Crippen molar-refractivity contribution in [2.24, 2.45) is 11.8 Å². The summed E-state index contributed by atoms with van der Waals surface area (Å²) < 4.78 is 74.4. The molecule has 1 fully saturated rings. The number of hydroxylamine groups is 2. The Morgan fingerprint density at radius 2 is 1.64 bits per heavy atom. The molecular formula is C20H24F3NO8S. The Labute approximate surface area is 188 Å². The highest BCUT2D eigenvalue weighted by Crippen LogP contribution is 2.41. The molecule has 3 atom stereocenters. The number of carbonyl (C=O) groups excluding carboxylic acids is 3. The smallest absolute Gasteiger partial charge is 0.428 e. The van der Waals surface area contributed by atoms with Gasteiger partial charge in [-0.25, -0.2) is 4.79 Å². The summed E-state index contributed by atoms with van der Waals surface area (Å²) in [7, 11) is -6.20.